The third-order valence-corrected chi connectivity index (χ3v) is 1.47. The van der Waals surface area contributed by atoms with Gasteiger partial charge in [0.1, 0.15) is 0 Å². The summed E-state index contributed by atoms with van der Waals surface area (Å²) >= 11 is 0. The third kappa shape index (κ3) is 1.47. The molecular formula is C8H7F2NO. The van der Waals surface area contributed by atoms with Crippen LogP contribution in [-0.2, 0) is 10.7 Å². The van der Waals surface area contributed by atoms with E-state index in [2.05, 4.69) is 4.98 Å². The summed E-state index contributed by atoms with van der Waals surface area (Å²) in [6.45, 7) is 0.854. The molecule has 0 aliphatic heterocycles. The summed E-state index contributed by atoms with van der Waals surface area (Å²) in [5.41, 5.74) is -0.363. The van der Waals surface area contributed by atoms with E-state index in [4.69, 9.17) is 0 Å². The van der Waals surface area contributed by atoms with Crippen molar-refractivity contribution in [1.29, 1.82) is 0 Å². The second-order valence-electron chi connectivity index (χ2n) is 2.37. The minimum absolute atomic E-state index is 0.363. The Morgan fingerprint density at radius 3 is 2.67 bits per heavy atom. The minimum atomic E-state index is -3.41. The van der Waals surface area contributed by atoms with E-state index in [1.54, 1.807) is 0 Å². The first-order valence-electron chi connectivity index (χ1n) is 3.34. The Labute approximate surface area is 68.2 Å². The fourth-order valence-corrected chi connectivity index (χ4v) is 0.752. The fraction of sp³-hybridized carbons (Fsp3) is 0.250. The summed E-state index contributed by atoms with van der Waals surface area (Å²) in [6, 6.07) is 2.54. The lowest BCUT2D eigenvalue weighted by Crippen LogP contribution is -2.22. The molecule has 0 amide bonds. The van der Waals surface area contributed by atoms with Gasteiger partial charge < -0.3 is 0 Å². The zero-order chi connectivity index (χ0) is 9.19. The lowest BCUT2D eigenvalue weighted by molar-refractivity contribution is -0.142. The van der Waals surface area contributed by atoms with Gasteiger partial charge in [-0.2, -0.15) is 8.78 Å². The molecule has 1 aromatic rings. The van der Waals surface area contributed by atoms with Gasteiger partial charge in [0.05, 0.1) is 0 Å². The summed E-state index contributed by atoms with van der Waals surface area (Å²) in [5, 5.41) is 0. The molecule has 0 aliphatic carbocycles. The van der Waals surface area contributed by atoms with Crippen molar-refractivity contribution in [2.45, 2.75) is 12.8 Å². The predicted octanol–water partition coefficient (Wildman–Crippen LogP) is 1.76. The predicted molar refractivity (Wildman–Crippen MR) is 38.8 cm³/mol. The lowest BCUT2D eigenvalue weighted by Gasteiger charge is -2.11. The molecule has 0 bridgehead atoms. The van der Waals surface area contributed by atoms with Crippen LogP contribution >= 0.6 is 0 Å². The maximum atomic E-state index is 12.9. The zero-order valence-electron chi connectivity index (χ0n) is 6.42. The Balaban J connectivity index is 3.06. The number of aromatic nitrogens is 1. The average Bonchev–Trinajstić information content (AvgIpc) is 2.06. The van der Waals surface area contributed by atoms with Crippen LogP contribution in [0, 0.1) is 0 Å². The van der Waals surface area contributed by atoms with Crippen LogP contribution in [0.4, 0.5) is 8.78 Å². The highest BCUT2D eigenvalue weighted by Gasteiger charge is 2.37. The number of nitrogens with zero attached hydrogens (tertiary/aromatic N) is 1. The number of hydrogen-bond acceptors (Lipinski definition) is 2. The van der Waals surface area contributed by atoms with Gasteiger partial charge in [0.15, 0.2) is 0 Å². The van der Waals surface area contributed by atoms with Crippen LogP contribution in [0.3, 0.4) is 0 Å². The number of hydrogen-bond donors (Lipinski definition) is 0. The first-order valence-corrected chi connectivity index (χ1v) is 3.34. The number of ketones is 1. The highest BCUT2D eigenvalue weighted by Crippen LogP contribution is 2.27. The van der Waals surface area contributed by atoms with Crippen LogP contribution < -0.4 is 0 Å². The Hall–Kier alpha value is -1.32. The topological polar surface area (TPSA) is 30.0 Å². The van der Waals surface area contributed by atoms with Crippen LogP contribution in [0.15, 0.2) is 24.5 Å². The molecule has 64 valence electrons. The van der Waals surface area contributed by atoms with Gasteiger partial charge in [-0.15, -0.1) is 0 Å². The number of rotatable bonds is 2. The molecule has 0 aliphatic rings. The van der Waals surface area contributed by atoms with Gasteiger partial charge in [-0.1, -0.05) is 0 Å². The van der Waals surface area contributed by atoms with Gasteiger partial charge in [0.2, 0.25) is 5.78 Å². The van der Waals surface area contributed by atoms with Crippen LogP contribution in [0.1, 0.15) is 12.5 Å². The second kappa shape index (κ2) is 2.97. The van der Waals surface area contributed by atoms with Gasteiger partial charge in [0.25, 0.3) is 0 Å². The van der Waals surface area contributed by atoms with E-state index in [1.807, 2.05) is 0 Å². The van der Waals surface area contributed by atoms with Crippen LogP contribution in [-0.4, -0.2) is 10.8 Å². The van der Waals surface area contributed by atoms with E-state index >= 15 is 0 Å². The summed E-state index contributed by atoms with van der Waals surface area (Å²) in [7, 11) is 0. The SMILES string of the molecule is CC(=O)C(F)(F)c1cccnc1. The molecule has 12 heavy (non-hydrogen) atoms. The number of halogens is 2. The molecule has 1 aromatic heterocycles. The summed E-state index contributed by atoms with van der Waals surface area (Å²) in [6.07, 6.45) is 2.36. The molecule has 0 spiro atoms. The number of alkyl halides is 2. The first kappa shape index (κ1) is 8.77. The first-order chi connectivity index (χ1) is 5.55. The lowest BCUT2D eigenvalue weighted by atomic mass is 10.1. The Kier molecular flexibility index (Phi) is 2.17. The fourth-order valence-electron chi connectivity index (χ4n) is 0.752. The molecule has 0 radical (unpaired) electrons. The van der Waals surface area contributed by atoms with Crippen LogP contribution in [0.5, 0.6) is 0 Å². The Morgan fingerprint density at radius 1 is 1.58 bits per heavy atom. The van der Waals surface area contributed by atoms with Crippen molar-refractivity contribution in [2.75, 3.05) is 0 Å². The van der Waals surface area contributed by atoms with Crippen molar-refractivity contribution in [3.8, 4) is 0 Å². The number of carbonyl (C=O) groups excluding carboxylic acids is 1. The molecular weight excluding hydrogens is 164 g/mol. The zero-order valence-corrected chi connectivity index (χ0v) is 6.42. The summed E-state index contributed by atoms with van der Waals surface area (Å²) < 4.78 is 25.8. The van der Waals surface area contributed by atoms with E-state index in [-0.39, 0.29) is 5.56 Å². The summed E-state index contributed by atoms with van der Waals surface area (Å²) in [5.74, 6) is -4.58. The van der Waals surface area contributed by atoms with Crippen LogP contribution in [0.25, 0.3) is 0 Å². The van der Waals surface area contributed by atoms with Gasteiger partial charge in [-0.3, -0.25) is 9.78 Å². The average molecular weight is 171 g/mol. The van der Waals surface area contributed by atoms with Crippen molar-refractivity contribution >= 4 is 5.78 Å². The molecule has 0 atom stereocenters. The monoisotopic (exact) mass is 171 g/mol. The largest absolute Gasteiger partial charge is 0.331 e. The highest BCUT2D eigenvalue weighted by atomic mass is 19.3. The molecule has 0 fully saturated rings. The standard InChI is InChI=1S/C8H7F2NO/c1-6(12)8(9,10)7-3-2-4-11-5-7/h2-5H,1H3. The van der Waals surface area contributed by atoms with Gasteiger partial charge in [0, 0.05) is 24.9 Å². The molecule has 0 aromatic carbocycles. The van der Waals surface area contributed by atoms with Crippen molar-refractivity contribution < 1.29 is 13.6 Å². The van der Waals surface area contributed by atoms with E-state index in [9.17, 15) is 13.6 Å². The molecule has 0 N–H and O–H groups in total. The van der Waals surface area contributed by atoms with Gasteiger partial charge in [-0.25, -0.2) is 0 Å². The van der Waals surface area contributed by atoms with Gasteiger partial charge in [-0.05, 0) is 12.1 Å². The maximum absolute atomic E-state index is 12.9. The smallest absolute Gasteiger partial charge is 0.293 e. The van der Waals surface area contributed by atoms with Crippen molar-refractivity contribution in [3.05, 3.63) is 30.1 Å². The summed E-state index contributed by atoms with van der Waals surface area (Å²) in [4.78, 5) is 14.0. The number of carbonyl (C=O) groups is 1. The third-order valence-electron chi connectivity index (χ3n) is 1.47. The van der Waals surface area contributed by atoms with Crippen molar-refractivity contribution in [3.63, 3.8) is 0 Å². The Morgan fingerprint density at radius 2 is 2.25 bits per heavy atom. The molecule has 4 heteroatoms. The highest BCUT2D eigenvalue weighted by molar-refractivity contribution is 5.84. The van der Waals surface area contributed by atoms with E-state index in [1.165, 1.54) is 18.3 Å². The second-order valence-corrected chi connectivity index (χ2v) is 2.37. The number of pyridine rings is 1. The van der Waals surface area contributed by atoms with Crippen molar-refractivity contribution in [2.24, 2.45) is 0 Å². The molecule has 2 nitrogen and oxygen atoms in total. The van der Waals surface area contributed by atoms with Crippen molar-refractivity contribution in [1.82, 2.24) is 4.98 Å². The molecule has 0 unspecified atom stereocenters. The maximum Gasteiger partial charge on any atom is 0.331 e. The van der Waals surface area contributed by atoms with E-state index in [0.717, 1.165) is 13.1 Å². The molecule has 0 saturated heterocycles. The normalized spacial score (nSPS) is 11.2. The number of Topliss-reactive ketones (excluding diaryl/α,β-unsaturated/α-hetero) is 1. The van der Waals surface area contributed by atoms with E-state index < -0.39 is 11.7 Å². The molecule has 1 rings (SSSR count). The molecule has 1 heterocycles. The molecule has 0 saturated carbocycles. The quantitative estimate of drug-likeness (QED) is 0.678. The minimum Gasteiger partial charge on any atom is -0.293 e. The van der Waals surface area contributed by atoms with E-state index in [0.29, 0.717) is 0 Å². The van der Waals surface area contributed by atoms with Crippen LogP contribution in [0.2, 0.25) is 0 Å². The van der Waals surface area contributed by atoms with Gasteiger partial charge >= 0.3 is 5.92 Å². The Bertz CT molecular complexity index is 284.